The highest BCUT2D eigenvalue weighted by Crippen LogP contribution is 2.23. The Kier molecular flexibility index (Phi) is 5.91. The summed E-state index contributed by atoms with van der Waals surface area (Å²) in [7, 11) is 0. The van der Waals surface area contributed by atoms with Gasteiger partial charge >= 0.3 is 0 Å². The van der Waals surface area contributed by atoms with Crippen molar-refractivity contribution in [3.05, 3.63) is 35.5 Å². The molecule has 0 aliphatic rings. The van der Waals surface area contributed by atoms with Crippen LogP contribution in [0.4, 0.5) is 0 Å². The minimum atomic E-state index is 0.865. The molecular formula is C10H13BrN2S. The molecule has 1 heterocycles. The molecule has 1 N–H and O–H groups in total. The summed E-state index contributed by atoms with van der Waals surface area (Å²) in [5.41, 5.74) is 0. The molecule has 0 bridgehead atoms. The van der Waals surface area contributed by atoms with E-state index in [1.165, 1.54) is 0 Å². The van der Waals surface area contributed by atoms with E-state index >= 15 is 0 Å². The highest BCUT2D eigenvalue weighted by molar-refractivity contribution is 9.10. The minimum absolute atomic E-state index is 0.865. The van der Waals surface area contributed by atoms with Crippen molar-refractivity contribution in [1.82, 2.24) is 10.3 Å². The van der Waals surface area contributed by atoms with Crippen LogP contribution in [0.1, 0.15) is 0 Å². The summed E-state index contributed by atoms with van der Waals surface area (Å²) in [5.74, 6) is 1.02. The van der Waals surface area contributed by atoms with Crippen molar-refractivity contribution in [1.29, 1.82) is 0 Å². The fourth-order valence-electron chi connectivity index (χ4n) is 0.901. The van der Waals surface area contributed by atoms with Crippen molar-refractivity contribution in [3.63, 3.8) is 0 Å². The molecule has 1 aromatic heterocycles. The number of hydrogen-bond acceptors (Lipinski definition) is 3. The van der Waals surface area contributed by atoms with Gasteiger partial charge in [-0.25, -0.2) is 4.98 Å². The number of rotatable bonds is 6. The van der Waals surface area contributed by atoms with Crippen LogP contribution in [0, 0.1) is 0 Å². The van der Waals surface area contributed by atoms with E-state index in [1.807, 2.05) is 24.4 Å². The number of aromatic nitrogens is 1. The van der Waals surface area contributed by atoms with E-state index in [0.717, 1.165) is 28.3 Å². The summed E-state index contributed by atoms with van der Waals surface area (Å²) in [6, 6.07) is 3.93. The zero-order valence-corrected chi connectivity index (χ0v) is 10.3. The van der Waals surface area contributed by atoms with E-state index in [1.54, 1.807) is 11.8 Å². The molecule has 1 rings (SSSR count). The maximum absolute atomic E-state index is 4.26. The van der Waals surface area contributed by atoms with Crippen LogP contribution in [0.25, 0.3) is 0 Å². The van der Waals surface area contributed by atoms with Crippen LogP contribution in [-0.2, 0) is 0 Å². The fourth-order valence-corrected chi connectivity index (χ4v) is 2.28. The lowest BCUT2D eigenvalue weighted by Gasteiger charge is -2.03. The Hall–Kier alpha value is -0.320. The van der Waals surface area contributed by atoms with Crippen molar-refractivity contribution >= 4 is 27.7 Å². The van der Waals surface area contributed by atoms with Crippen molar-refractivity contribution in [3.8, 4) is 0 Å². The molecule has 0 unspecified atom stereocenters. The standard InChI is InChI=1S/C10H13BrN2S/c1-2-5-12-7-8-14-10-9(11)4-3-6-13-10/h2-4,6,12H,1,5,7-8H2. The molecule has 0 radical (unpaired) electrons. The van der Waals surface area contributed by atoms with Gasteiger partial charge in [0.05, 0.1) is 0 Å². The van der Waals surface area contributed by atoms with E-state index in [9.17, 15) is 0 Å². The lowest BCUT2D eigenvalue weighted by atomic mass is 10.5. The van der Waals surface area contributed by atoms with Gasteiger partial charge in [-0.15, -0.1) is 18.3 Å². The van der Waals surface area contributed by atoms with Gasteiger partial charge in [0.2, 0.25) is 0 Å². The Morgan fingerprint density at radius 2 is 2.50 bits per heavy atom. The van der Waals surface area contributed by atoms with Crippen LogP contribution in [0.5, 0.6) is 0 Å². The Morgan fingerprint density at radius 3 is 3.21 bits per heavy atom. The van der Waals surface area contributed by atoms with Crippen LogP contribution in [0.15, 0.2) is 40.5 Å². The van der Waals surface area contributed by atoms with Gasteiger partial charge in [0, 0.05) is 29.5 Å². The van der Waals surface area contributed by atoms with Crippen LogP contribution < -0.4 is 5.32 Å². The molecule has 0 saturated heterocycles. The molecule has 1 aromatic rings. The van der Waals surface area contributed by atoms with E-state index in [0.29, 0.717) is 0 Å². The first kappa shape index (κ1) is 11.8. The van der Waals surface area contributed by atoms with Crippen LogP contribution in [-0.4, -0.2) is 23.8 Å². The summed E-state index contributed by atoms with van der Waals surface area (Å²) in [6.45, 7) is 5.48. The van der Waals surface area contributed by atoms with Crippen LogP contribution in [0.3, 0.4) is 0 Å². The van der Waals surface area contributed by atoms with Gasteiger partial charge in [-0.1, -0.05) is 6.08 Å². The third-order valence-corrected chi connectivity index (χ3v) is 3.44. The summed E-state index contributed by atoms with van der Waals surface area (Å²) >= 11 is 5.20. The molecule has 0 spiro atoms. The largest absolute Gasteiger partial charge is 0.312 e. The molecule has 0 aliphatic carbocycles. The normalized spacial score (nSPS) is 10.1. The van der Waals surface area contributed by atoms with Gasteiger partial charge < -0.3 is 5.32 Å². The van der Waals surface area contributed by atoms with E-state index in [-0.39, 0.29) is 0 Å². The molecule has 0 fully saturated rings. The van der Waals surface area contributed by atoms with E-state index in [4.69, 9.17) is 0 Å². The van der Waals surface area contributed by atoms with Crippen molar-refractivity contribution in [2.45, 2.75) is 5.03 Å². The second-order valence-corrected chi connectivity index (χ2v) is 4.57. The van der Waals surface area contributed by atoms with Crippen molar-refractivity contribution < 1.29 is 0 Å². The van der Waals surface area contributed by atoms with Gasteiger partial charge in [-0.3, -0.25) is 0 Å². The molecule has 2 nitrogen and oxygen atoms in total. The molecule has 0 amide bonds. The summed E-state index contributed by atoms with van der Waals surface area (Å²) < 4.78 is 1.06. The summed E-state index contributed by atoms with van der Waals surface area (Å²) in [4.78, 5) is 4.26. The Morgan fingerprint density at radius 1 is 1.64 bits per heavy atom. The predicted octanol–water partition coefficient (Wildman–Crippen LogP) is 2.71. The topological polar surface area (TPSA) is 24.9 Å². The first-order chi connectivity index (χ1) is 6.84. The number of thioether (sulfide) groups is 1. The van der Waals surface area contributed by atoms with Gasteiger partial charge in [-0.2, -0.15) is 0 Å². The second-order valence-electron chi connectivity index (χ2n) is 2.63. The molecular weight excluding hydrogens is 260 g/mol. The average molecular weight is 273 g/mol. The maximum atomic E-state index is 4.26. The number of nitrogens with one attached hydrogen (secondary N) is 1. The smallest absolute Gasteiger partial charge is 0.110 e. The predicted molar refractivity (Wildman–Crippen MR) is 65.7 cm³/mol. The zero-order chi connectivity index (χ0) is 10.2. The molecule has 4 heteroatoms. The monoisotopic (exact) mass is 272 g/mol. The van der Waals surface area contributed by atoms with Crippen molar-refractivity contribution in [2.75, 3.05) is 18.8 Å². The van der Waals surface area contributed by atoms with Crippen LogP contribution in [0.2, 0.25) is 0 Å². The van der Waals surface area contributed by atoms with Gasteiger partial charge in [0.15, 0.2) is 0 Å². The fraction of sp³-hybridized carbons (Fsp3) is 0.300. The minimum Gasteiger partial charge on any atom is -0.312 e. The third kappa shape index (κ3) is 4.26. The van der Waals surface area contributed by atoms with E-state index < -0.39 is 0 Å². The Labute approximate surface area is 97.3 Å². The first-order valence-corrected chi connectivity index (χ1v) is 6.17. The number of nitrogens with zero attached hydrogens (tertiary/aromatic N) is 1. The van der Waals surface area contributed by atoms with E-state index in [2.05, 4.69) is 32.8 Å². The maximum Gasteiger partial charge on any atom is 0.110 e. The zero-order valence-electron chi connectivity index (χ0n) is 7.87. The number of hydrogen-bond donors (Lipinski definition) is 1. The summed E-state index contributed by atoms with van der Waals surface area (Å²) in [6.07, 6.45) is 3.67. The molecule has 0 aliphatic heterocycles. The molecule has 0 saturated carbocycles. The Bertz CT molecular complexity index is 291. The average Bonchev–Trinajstić information content (AvgIpc) is 2.20. The molecule has 0 aromatic carbocycles. The highest BCUT2D eigenvalue weighted by atomic mass is 79.9. The second kappa shape index (κ2) is 7.04. The molecule has 0 atom stereocenters. The van der Waals surface area contributed by atoms with Gasteiger partial charge in [-0.05, 0) is 28.1 Å². The third-order valence-electron chi connectivity index (χ3n) is 1.53. The molecule has 76 valence electrons. The highest BCUT2D eigenvalue weighted by Gasteiger charge is 1.99. The molecule has 14 heavy (non-hydrogen) atoms. The Balaban J connectivity index is 2.24. The number of pyridine rings is 1. The van der Waals surface area contributed by atoms with Crippen LogP contribution >= 0.6 is 27.7 Å². The lowest BCUT2D eigenvalue weighted by Crippen LogP contribution is -2.16. The SMILES string of the molecule is C=CCNCCSc1ncccc1Br. The van der Waals surface area contributed by atoms with Crippen molar-refractivity contribution in [2.24, 2.45) is 0 Å². The van der Waals surface area contributed by atoms with Gasteiger partial charge in [0.25, 0.3) is 0 Å². The quantitative estimate of drug-likeness (QED) is 0.490. The first-order valence-electron chi connectivity index (χ1n) is 4.39. The number of halogens is 1. The van der Waals surface area contributed by atoms with Gasteiger partial charge in [0.1, 0.15) is 5.03 Å². The summed E-state index contributed by atoms with van der Waals surface area (Å²) in [5, 5.41) is 4.29. The lowest BCUT2D eigenvalue weighted by molar-refractivity contribution is 0.806.